The summed E-state index contributed by atoms with van der Waals surface area (Å²) < 4.78 is 26.1. The number of hydrogen-bond acceptors (Lipinski definition) is 2. The first-order chi connectivity index (χ1) is 9.16. The van der Waals surface area contributed by atoms with Crippen molar-refractivity contribution in [2.45, 2.75) is 19.4 Å². The van der Waals surface area contributed by atoms with Crippen molar-refractivity contribution in [1.82, 2.24) is 5.32 Å². The molecule has 1 aromatic carbocycles. The molecule has 1 aromatic rings. The van der Waals surface area contributed by atoms with Gasteiger partial charge in [-0.15, -0.1) is 6.42 Å². The van der Waals surface area contributed by atoms with Crippen molar-refractivity contribution in [3.63, 3.8) is 0 Å². The Balaban J connectivity index is 3.04. The van der Waals surface area contributed by atoms with Crippen LogP contribution < -0.4 is 10.6 Å². The van der Waals surface area contributed by atoms with Crippen LogP contribution >= 0.6 is 0 Å². The highest BCUT2D eigenvalue weighted by Crippen LogP contribution is 2.20. The molecule has 1 rings (SSSR count). The summed E-state index contributed by atoms with van der Waals surface area (Å²) in [5.41, 5.74) is -1.93. The van der Waals surface area contributed by atoms with Crippen LogP contribution in [0.5, 0.6) is 0 Å². The molecule has 5 nitrogen and oxygen atoms in total. The fraction of sp³-hybridized carbons (Fsp3) is 0.231. The number of carbonyl (C=O) groups excluding carboxylic acids is 1. The minimum absolute atomic E-state index is 0.373. The van der Waals surface area contributed by atoms with Crippen LogP contribution in [0.15, 0.2) is 12.1 Å². The van der Waals surface area contributed by atoms with Gasteiger partial charge in [-0.25, -0.2) is 18.4 Å². The lowest BCUT2D eigenvalue weighted by molar-refractivity contribution is 0.0697. The van der Waals surface area contributed by atoms with Crippen LogP contribution in [0.2, 0.25) is 0 Å². The van der Waals surface area contributed by atoms with E-state index in [1.165, 1.54) is 13.8 Å². The molecule has 0 aliphatic heterocycles. The van der Waals surface area contributed by atoms with Gasteiger partial charge in [-0.3, -0.25) is 0 Å². The number of carboxylic acid groups (broad SMARTS) is 1. The molecule has 0 radical (unpaired) electrons. The maximum absolute atomic E-state index is 13.1. The number of hydrogen-bond donors (Lipinski definition) is 3. The van der Waals surface area contributed by atoms with Gasteiger partial charge >= 0.3 is 12.0 Å². The van der Waals surface area contributed by atoms with Crippen LogP contribution in [-0.2, 0) is 0 Å². The van der Waals surface area contributed by atoms with Gasteiger partial charge in [-0.05, 0) is 19.9 Å². The van der Waals surface area contributed by atoms with E-state index in [1.54, 1.807) is 0 Å². The Morgan fingerprint density at radius 3 is 2.35 bits per heavy atom. The standard InChI is InChI=1S/C13H12F2N2O3/c1-4-13(2,3)17-12(20)16-10-6-9(15)8(14)5-7(10)11(18)19/h1,5-6H,2-3H3,(H,18,19)(H2,16,17,20). The van der Waals surface area contributed by atoms with E-state index < -0.39 is 34.7 Å². The molecule has 0 saturated carbocycles. The zero-order valence-corrected chi connectivity index (χ0v) is 10.8. The summed E-state index contributed by atoms with van der Waals surface area (Å²) >= 11 is 0. The number of anilines is 1. The number of amides is 2. The zero-order chi connectivity index (χ0) is 15.5. The molecule has 0 aliphatic rings. The average Bonchev–Trinajstić information content (AvgIpc) is 2.32. The molecule has 0 atom stereocenters. The maximum atomic E-state index is 13.1. The molecule has 0 heterocycles. The van der Waals surface area contributed by atoms with Gasteiger partial charge in [0.1, 0.15) is 0 Å². The first kappa shape index (κ1) is 15.4. The lowest BCUT2D eigenvalue weighted by Crippen LogP contribution is -2.44. The van der Waals surface area contributed by atoms with Crippen LogP contribution in [0.4, 0.5) is 19.3 Å². The predicted molar refractivity (Wildman–Crippen MR) is 68.4 cm³/mol. The molecule has 2 amide bonds. The third kappa shape index (κ3) is 3.68. The third-order valence-corrected chi connectivity index (χ3v) is 2.33. The van der Waals surface area contributed by atoms with E-state index in [4.69, 9.17) is 11.5 Å². The lowest BCUT2D eigenvalue weighted by atomic mass is 10.1. The number of carbonyl (C=O) groups is 2. The van der Waals surface area contributed by atoms with E-state index in [9.17, 15) is 18.4 Å². The third-order valence-electron chi connectivity index (χ3n) is 2.33. The lowest BCUT2D eigenvalue weighted by Gasteiger charge is -2.20. The molecule has 0 fully saturated rings. The second kappa shape index (κ2) is 5.57. The predicted octanol–water partition coefficient (Wildman–Crippen LogP) is 2.20. The van der Waals surface area contributed by atoms with E-state index in [2.05, 4.69) is 16.6 Å². The first-order valence-corrected chi connectivity index (χ1v) is 5.45. The van der Waals surface area contributed by atoms with E-state index in [0.29, 0.717) is 12.1 Å². The fourth-order valence-corrected chi connectivity index (χ4v) is 1.30. The molecular formula is C13H12F2N2O3. The normalized spacial score (nSPS) is 10.6. The SMILES string of the molecule is C#CC(C)(C)NC(=O)Nc1cc(F)c(F)cc1C(=O)O. The molecule has 7 heteroatoms. The van der Waals surface area contributed by atoms with Gasteiger partial charge in [0.2, 0.25) is 0 Å². The highest BCUT2D eigenvalue weighted by molar-refractivity contribution is 6.00. The van der Waals surface area contributed by atoms with Crippen molar-refractivity contribution in [2.75, 3.05) is 5.32 Å². The quantitative estimate of drug-likeness (QED) is 0.744. The second-order valence-electron chi connectivity index (χ2n) is 4.47. The molecule has 0 spiro atoms. The van der Waals surface area contributed by atoms with Crippen molar-refractivity contribution in [3.8, 4) is 12.3 Å². The zero-order valence-electron chi connectivity index (χ0n) is 10.8. The van der Waals surface area contributed by atoms with Crippen molar-refractivity contribution in [3.05, 3.63) is 29.3 Å². The highest BCUT2D eigenvalue weighted by Gasteiger charge is 2.20. The van der Waals surface area contributed by atoms with Crippen molar-refractivity contribution in [2.24, 2.45) is 0 Å². The van der Waals surface area contributed by atoms with Gasteiger partial charge in [0.05, 0.1) is 16.8 Å². The largest absolute Gasteiger partial charge is 0.478 e. The number of carboxylic acids is 1. The smallest absolute Gasteiger partial charge is 0.337 e. The summed E-state index contributed by atoms with van der Waals surface area (Å²) in [6, 6.07) is 0.238. The summed E-state index contributed by atoms with van der Waals surface area (Å²) in [4.78, 5) is 22.5. The van der Waals surface area contributed by atoms with Gasteiger partial charge in [0.25, 0.3) is 0 Å². The van der Waals surface area contributed by atoms with Gasteiger partial charge < -0.3 is 15.7 Å². The van der Waals surface area contributed by atoms with Crippen molar-refractivity contribution in [1.29, 1.82) is 0 Å². The molecule has 3 N–H and O–H groups in total. The molecular weight excluding hydrogens is 270 g/mol. The molecule has 106 valence electrons. The number of terminal acetylenes is 1. The number of rotatable bonds is 3. The van der Waals surface area contributed by atoms with Crippen LogP contribution in [0, 0.1) is 24.0 Å². The Morgan fingerprint density at radius 2 is 1.85 bits per heavy atom. The second-order valence-corrected chi connectivity index (χ2v) is 4.47. The van der Waals surface area contributed by atoms with Crippen LogP contribution in [0.1, 0.15) is 24.2 Å². The summed E-state index contributed by atoms with van der Waals surface area (Å²) in [6.07, 6.45) is 5.17. The molecule has 0 saturated heterocycles. The number of nitrogens with one attached hydrogen (secondary N) is 2. The van der Waals surface area contributed by atoms with Gasteiger partial charge in [0.15, 0.2) is 11.6 Å². The summed E-state index contributed by atoms with van der Waals surface area (Å²) in [6.45, 7) is 3.08. The Labute approximate surface area is 114 Å². The number of urea groups is 1. The molecule has 0 unspecified atom stereocenters. The maximum Gasteiger partial charge on any atom is 0.337 e. The molecule has 0 aliphatic carbocycles. The van der Waals surface area contributed by atoms with Crippen LogP contribution in [0.3, 0.4) is 0 Å². The number of benzene rings is 1. The highest BCUT2D eigenvalue weighted by atomic mass is 19.2. The Morgan fingerprint density at radius 1 is 1.30 bits per heavy atom. The number of halogens is 2. The van der Waals surface area contributed by atoms with Crippen LogP contribution in [0.25, 0.3) is 0 Å². The minimum atomic E-state index is -1.50. The minimum Gasteiger partial charge on any atom is -0.478 e. The van der Waals surface area contributed by atoms with E-state index in [-0.39, 0.29) is 5.69 Å². The summed E-state index contributed by atoms with van der Waals surface area (Å²) in [5, 5.41) is 13.4. The Bertz CT molecular complexity index is 606. The monoisotopic (exact) mass is 282 g/mol. The van der Waals surface area contributed by atoms with Crippen LogP contribution in [-0.4, -0.2) is 22.6 Å². The van der Waals surface area contributed by atoms with E-state index in [0.717, 1.165) is 0 Å². The summed E-state index contributed by atoms with van der Waals surface area (Å²) in [5.74, 6) is -1.81. The Hall–Kier alpha value is -2.62. The van der Waals surface area contributed by atoms with Crippen molar-refractivity contribution < 1.29 is 23.5 Å². The van der Waals surface area contributed by atoms with Crippen molar-refractivity contribution >= 4 is 17.7 Å². The topological polar surface area (TPSA) is 78.4 Å². The van der Waals surface area contributed by atoms with E-state index >= 15 is 0 Å². The summed E-state index contributed by atoms with van der Waals surface area (Å²) in [7, 11) is 0. The first-order valence-electron chi connectivity index (χ1n) is 5.45. The Kier molecular flexibility index (Phi) is 4.30. The van der Waals surface area contributed by atoms with E-state index in [1.807, 2.05) is 0 Å². The van der Waals surface area contributed by atoms with Gasteiger partial charge in [0, 0.05) is 6.07 Å². The van der Waals surface area contributed by atoms with Gasteiger partial charge in [-0.1, -0.05) is 5.92 Å². The number of aromatic carboxylic acids is 1. The molecule has 0 aromatic heterocycles. The molecule has 20 heavy (non-hydrogen) atoms. The average molecular weight is 282 g/mol. The van der Waals surface area contributed by atoms with Gasteiger partial charge in [-0.2, -0.15) is 0 Å². The fourth-order valence-electron chi connectivity index (χ4n) is 1.30. The molecule has 0 bridgehead atoms.